The summed E-state index contributed by atoms with van der Waals surface area (Å²) in [6, 6.07) is 11.6. The summed E-state index contributed by atoms with van der Waals surface area (Å²) in [4.78, 5) is 54.5. The van der Waals surface area contributed by atoms with E-state index in [1.165, 1.54) is 23.8 Å². The monoisotopic (exact) mass is 1020 g/mol. The predicted molar refractivity (Wildman–Crippen MR) is 259 cm³/mol. The number of amides is 6. The second kappa shape index (κ2) is 20.5. The molecule has 1 heterocycles. The van der Waals surface area contributed by atoms with E-state index >= 15 is 0 Å². The zero-order chi connectivity index (χ0) is 46.7. The topological polar surface area (TPSA) is 153 Å². The molecule has 5 N–H and O–H groups in total. The molecule has 5 rings (SSSR count). The van der Waals surface area contributed by atoms with Crippen molar-refractivity contribution in [3.8, 4) is 5.75 Å². The second-order valence-electron chi connectivity index (χ2n) is 15.7. The van der Waals surface area contributed by atoms with Crippen LogP contribution in [0, 0.1) is 0 Å². The molecule has 0 bridgehead atoms. The molecule has 2 unspecified atom stereocenters. The lowest BCUT2D eigenvalue weighted by Gasteiger charge is -2.31. The molecule has 63 heavy (non-hydrogen) atoms. The van der Waals surface area contributed by atoms with Crippen LogP contribution in [-0.4, -0.2) is 41.9 Å². The van der Waals surface area contributed by atoms with Gasteiger partial charge in [-0.1, -0.05) is 159 Å². The lowest BCUT2D eigenvalue weighted by atomic mass is 9.76. The Bertz CT molecular complexity index is 2450. The van der Waals surface area contributed by atoms with Gasteiger partial charge in [0.25, 0.3) is 11.8 Å². The van der Waals surface area contributed by atoms with Gasteiger partial charge in [0.15, 0.2) is 18.0 Å². The van der Waals surface area contributed by atoms with Gasteiger partial charge in [0.2, 0.25) is 0 Å². The van der Waals surface area contributed by atoms with Gasteiger partial charge in [0.1, 0.15) is 11.4 Å². The van der Waals surface area contributed by atoms with Gasteiger partial charge >= 0.3 is 12.1 Å². The Morgan fingerprint density at radius 3 is 1.86 bits per heavy atom. The van der Waals surface area contributed by atoms with Gasteiger partial charge in [-0.25, -0.2) is 9.59 Å². The molecule has 0 saturated carbocycles. The van der Waals surface area contributed by atoms with E-state index in [0.29, 0.717) is 17.9 Å². The van der Waals surface area contributed by atoms with Crippen LogP contribution in [-0.2, 0) is 20.4 Å². The van der Waals surface area contributed by atoms with Crippen LogP contribution >= 0.6 is 92.8 Å². The first kappa shape index (κ1) is 50.2. The molecule has 6 amide bonds. The number of anilines is 4. The summed E-state index contributed by atoms with van der Waals surface area (Å²) in [5.74, 6) is -1.01. The fourth-order valence-electron chi connectivity index (χ4n) is 6.20. The molecular weight excluding hydrogens is 978 g/mol. The third-order valence-corrected chi connectivity index (χ3v) is 13.7. The summed E-state index contributed by atoms with van der Waals surface area (Å²) in [7, 11) is 0. The summed E-state index contributed by atoms with van der Waals surface area (Å²) in [6.07, 6.45) is 1.35. The molecule has 0 fully saturated rings. The lowest BCUT2D eigenvalue weighted by molar-refractivity contribution is -0.123. The number of carbonyl (C=O) groups excluding carboxylic acids is 4. The molecule has 2 atom stereocenters. The molecule has 0 aromatic heterocycles. The number of carbonyl (C=O) groups is 4. The minimum Gasteiger partial charge on any atom is -0.480 e. The van der Waals surface area contributed by atoms with Gasteiger partial charge in [0.05, 0.1) is 40.8 Å². The summed E-state index contributed by atoms with van der Waals surface area (Å²) < 4.78 is 6.43. The Balaban J connectivity index is 1.35. The minimum absolute atomic E-state index is 0.0414. The zero-order valence-corrected chi connectivity index (χ0v) is 41.0. The molecule has 20 heteroatoms. The molecular formula is C43H43Cl8N7O5. The molecule has 0 saturated heterocycles. The first-order valence-corrected chi connectivity index (χ1v) is 22.5. The van der Waals surface area contributed by atoms with Crippen molar-refractivity contribution in [2.75, 3.05) is 21.0 Å². The summed E-state index contributed by atoms with van der Waals surface area (Å²) in [6.45, 7) is 14.9. The number of hydrazone groups is 1. The lowest BCUT2D eigenvalue weighted by Crippen LogP contribution is -2.53. The highest BCUT2D eigenvalue weighted by Gasteiger charge is 2.41. The van der Waals surface area contributed by atoms with E-state index in [9.17, 15) is 19.2 Å². The number of hydrogen-bond acceptors (Lipinski definition) is 6. The maximum absolute atomic E-state index is 13.9. The van der Waals surface area contributed by atoms with E-state index in [0.717, 1.165) is 23.4 Å². The Morgan fingerprint density at radius 1 is 0.714 bits per heavy atom. The molecule has 4 aromatic rings. The Hall–Kier alpha value is -3.85. The Morgan fingerprint density at radius 2 is 1.29 bits per heavy atom. The van der Waals surface area contributed by atoms with Crippen LogP contribution in [0.25, 0.3) is 0 Å². The van der Waals surface area contributed by atoms with Gasteiger partial charge in [-0.3, -0.25) is 14.9 Å². The highest BCUT2D eigenvalue weighted by Crippen LogP contribution is 2.47. The highest BCUT2D eigenvalue weighted by atomic mass is 35.5. The molecule has 1 aliphatic heterocycles. The number of halogens is 8. The first-order chi connectivity index (χ1) is 29.5. The first-order valence-electron chi connectivity index (χ1n) is 19.5. The van der Waals surface area contributed by atoms with E-state index in [1.54, 1.807) is 18.2 Å². The van der Waals surface area contributed by atoms with E-state index in [1.807, 2.05) is 13.0 Å². The van der Waals surface area contributed by atoms with Crippen LogP contribution in [0.4, 0.5) is 32.3 Å². The standard InChI is InChI=1S/C43H43Cl8N7O5/c1-8-27(63-28-15-14-20(42(4,5)9-2)16-24(28)43(6,7)10-3)38(59)52-22-12-11-13-23(19-22)53-40(61)56-37-35(39(60)58(57-37)36-25(45)17-21(44)18-26(36)46)55-41(62)54-34-32(50)30(48)29(47)31(49)33(34)51/h11-19,27,35H,8-10H2,1-7H3,(H,52,59)(H2,54,55,62)(H2,53,56,57,61). The Labute approximate surface area is 405 Å². The van der Waals surface area contributed by atoms with Crippen molar-refractivity contribution < 1.29 is 23.9 Å². The van der Waals surface area contributed by atoms with Crippen LogP contribution in [0.3, 0.4) is 0 Å². The number of hydrogen-bond donors (Lipinski definition) is 5. The average molecular weight is 1020 g/mol. The minimum atomic E-state index is -1.65. The van der Waals surface area contributed by atoms with Gasteiger partial charge in [-0.2, -0.15) is 5.01 Å². The number of rotatable bonds is 13. The fraction of sp³-hybridized carbons (Fsp3) is 0.326. The van der Waals surface area contributed by atoms with Crippen molar-refractivity contribution in [3.05, 3.63) is 106 Å². The van der Waals surface area contributed by atoms with Crippen molar-refractivity contribution in [2.45, 2.75) is 90.7 Å². The normalized spacial score (nSPS) is 14.5. The second-order valence-corrected chi connectivity index (χ2v) is 18.8. The smallest absolute Gasteiger partial charge is 0.324 e. The molecule has 336 valence electrons. The number of ether oxygens (including phenoxy) is 1. The molecule has 4 aromatic carbocycles. The van der Waals surface area contributed by atoms with Gasteiger partial charge < -0.3 is 26.0 Å². The SMILES string of the molecule is CCC(Oc1ccc(C(C)(C)CC)cc1C(C)(C)CC)C(=O)Nc1cccc(NC(=O)NC2=NN(c3c(Cl)cc(Cl)cc3Cl)C(=O)C2NC(=O)Nc2c(Cl)c(Cl)c(Cl)c(Cl)c2Cl)c1. The average Bonchev–Trinajstić information content (AvgIpc) is 3.51. The fourth-order valence-corrected chi connectivity index (χ4v) is 8.41. The van der Waals surface area contributed by atoms with Crippen molar-refractivity contribution in [1.82, 2.24) is 10.6 Å². The van der Waals surface area contributed by atoms with E-state index in [2.05, 4.69) is 85.4 Å². The van der Waals surface area contributed by atoms with Crippen LogP contribution in [0.5, 0.6) is 5.75 Å². The third-order valence-electron chi connectivity index (χ3n) is 10.7. The van der Waals surface area contributed by atoms with Crippen molar-refractivity contribution in [3.63, 3.8) is 0 Å². The largest absolute Gasteiger partial charge is 0.480 e. The van der Waals surface area contributed by atoms with Crippen LogP contribution in [0.1, 0.15) is 78.9 Å². The van der Waals surface area contributed by atoms with E-state index < -0.39 is 36.0 Å². The molecule has 12 nitrogen and oxygen atoms in total. The van der Waals surface area contributed by atoms with E-state index in [-0.39, 0.29) is 73.9 Å². The third kappa shape index (κ3) is 11.3. The number of urea groups is 2. The number of amidine groups is 1. The van der Waals surface area contributed by atoms with Gasteiger partial charge in [0, 0.05) is 22.0 Å². The summed E-state index contributed by atoms with van der Waals surface area (Å²) >= 11 is 49.9. The number of nitrogens with one attached hydrogen (secondary N) is 5. The Kier molecular flexibility index (Phi) is 16.4. The highest BCUT2D eigenvalue weighted by molar-refractivity contribution is 6.56. The predicted octanol–water partition coefficient (Wildman–Crippen LogP) is 13.8. The van der Waals surface area contributed by atoms with Crippen molar-refractivity contribution in [1.29, 1.82) is 0 Å². The van der Waals surface area contributed by atoms with E-state index in [4.69, 9.17) is 97.5 Å². The summed E-state index contributed by atoms with van der Waals surface area (Å²) in [5.41, 5.74) is 2.25. The molecule has 0 spiro atoms. The number of nitrogens with zero attached hydrogens (tertiary/aromatic N) is 2. The van der Waals surface area contributed by atoms with Gasteiger partial charge in [-0.05, 0) is 72.1 Å². The zero-order valence-electron chi connectivity index (χ0n) is 34.9. The van der Waals surface area contributed by atoms with Crippen LogP contribution in [0.15, 0.2) is 59.7 Å². The van der Waals surface area contributed by atoms with Crippen LogP contribution in [0.2, 0.25) is 40.2 Å². The quantitative estimate of drug-likeness (QED) is 0.0667. The van der Waals surface area contributed by atoms with Crippen LogP contribution < -0.4 is 36.3 Å². The van der Waals surface area contributed by atoms with Gasteiger partial charge in [-0.15, -0.1) is 5.10 Å². The maximum atomic E-state index is 13.9. The maximum Gasteiger partial charge on any atom is 0.324 e. The number of benzene rings is 4. The molecule has 1 aliphatic rings. The van der Waals surface area contributed by atoms with Crippen molar-refractivity contribution in [2.24, 2.45) is 5.10 Å². The molecule has 0 aliphatic carbocycles. The molecule has 0 radical (unpaired) electrons. The summed E-state index contributed by atoms with van der Waals surface area (Å²) in [5, 5.41) is 16.9. The van der Waals surface area contributed by atoms with Crippen molar-refractivity contribution >= 4 is 145 Å².